The fourth-order valence-electron chi connectivity index (χ4n) is 2.04. The van der Waals surface area contributed by atoms with Crippen LogP contribution in [0.1, 0.15) is 29.9 Å². The van der Waals surface area contributed by atoms with E-state index < -0.39 is 5.60 Å². The number of hydrogen-bond donors (Lipinski definition) is 2. The Kier molecular flexibility index (Phi) is 4.32. The van der Waals surface area contributed by atoms with Gasteiger partial charge in [0.05, 0.1) is 11.3 Å². The summed E-state index contributed by atoms with van der Waals surface area (Å²) in [5, 5.41) is 16.4. The fourth-order valence-corrected chi connectivity index (χ4v) is 2.04. The molecule has 0 saturated heterocycles. The molecule has 0 fully saturated rings. The van der Waals surface area contributed by atoms with Crippen LogP contribution in [0.4, 0.5) is 4.39 Å². The number of aryl methyl sites for hydroxylation is 2. The summed E-state index contributed by atoms with van der Waals surface area (Å²) in [5.74, 6) is -0.628. The molecule has 0 saturated carbocycles. The number of halogens is 1. The Morgan fingerprint density at radius 3 is 2.68 bits per heavy atom. The molecule has 1 aromatic carbocycles. The Hall–Kier alpha value is -2.21. The second-order valence-corrected chi connectivity index (χ2v) is 6.00. The summed E-state index contributed by atoms with van der Waals surface area (Å²) in [4.78, 5) is 12.1. The van der Waals surface area contributed by atoms with Crippen molar-refractivity contribution in [2.75, 3.05) is 6.54 Å². The first-order chi connectivity index (χ1) is 10.2. The van der Waals surface area contributed by atoms with Crippen LogP contribution in [-0.4, -0.2) is 32.9 Å². The molecule has 5 nitrogen and oxygen atoms in total. The van der Waals surface area contributed by atoms with Crippen molar-refractivity contribution in [1.29, 1.82) is 0 Å². The van der Waals surface area contributed by atoms with Crippen LogP contribution in [0.25, 0.3) is 11.3 Å². The molecule has 2 aromatic rings. The second-order valence-electron chi connectivity index (χ2n) is 6.00. The molecule has 1 amide bonds. The Morgan fingerprint density at radius 1 is 1.41 bits per heavy atom. The smallest absolute Gasteiger partial charge is 0.271 e. The van der Waals surface area contributed by atoms with E-state index in [0.29, 0.717) is 5.56 Å². The highest BCUT2D eigenvalue weighted by molar-refractivity contribution is 5.93. The van der Waals surface area contributed by atoms with E-state index in [0.717, 1.165) is 11.3 Å². The summed E-state index contributed by atoms with van der Waals surface area (Å²) in [7, 11) is 1.72. The van der Waals surface area contributed by atoms with E-state index in [4.69, 9.17) is 0 Å². The third-order valence-corrected chi connectivity index (χ3v) is 3.25. The van der Waals surface area contributed by atoms with Gasteiger partial charge in [-0.3, -0.25) is 9.48 Å². The van der Waals surface area contributed by atoms with Crippen LogP contribution in [-0.2, 0) is 7.05 Å². The fraction of sp³-hybridized carbons (Fsp3) is 0.375. The van der Waals surface area contributed by atoms with Gasteiger partial charge in [-0.1, -0.05) is 0 Å². The number of nitrogens with zero attached hydrogens (tertiary/aromatic N) is 2. The Balaban J connectivity index is 2.24. The van der Waals surface area contributed by atoms with Gasteiger partial charge in [0.2, 0.25) is 0 Å². The molecule has 2 rings (SSSR count). The van der Waals surface area contributed by atoms with Crippen molar-refractivity contribution in [1.82, 2.24) is 15.1 Å². The van der Waals surface area contributed by atoms with Gasteiger partial charge >= 0.3 is 0 Å². The zero-order chi connectivity index (χ0) is 16.5. The molecule has 0 radical (unpaired) electrons. The molecule has 0 aliphatic heterocycles. The molecular formula is C16H20FN3O2. The van der Waals surface area contributed by atoms with Crippen LogP contribution in [0, 0.1) is 12.7 Å². The quantitative estimate of drug-likeness (QED) is 0.908. The third kappa shape index (κ3) is 3.71. The zero-order valence-electron chi connectivity index (χ0n) is 13.1. The van der Waals surface area contributed by atoms with Crippen molar-refractivity contribution in [3.8, 4) is 11.3 Å². The molecule has 0 bridgehead atoms. The van der Waals surface area contributed by atoms with Gasteiger partial charge in [-0.15, -0.1) is 0 Å². The van der Waals surface area contributed by atoms with Crippen molar-refractivity contribution in [2.24, 2.45) is 7.05 Å². The highest BCUT2D eigenvalue weighted by Crippen LogP contribution is 2.22. The molecule has 6 heteroatoms. The maximum atomic E-state index is 13.4. The average molecular weight is 305 g/mol. The average Bonchev–Trinajstić information content (AvgIpc) is 2.80. The van der Waals surface area contributed by atoms with Gasteiger partial charge in [0.25, 0.3) is 5.91 Å². The number of nitrogens with one attached hydrogen (secondary N) is 1. The summed E-state index contributed by atoms with van der Waals surface area (Å²) in [5.41, 5.74) is 1.31. The van der Waals surface area contributed by atoms with E-state index >= 15 is 0 Å². The van der Waals surface area contributed by atoms with Crippen LogP contribution in [0.2, 0.25) is 0 Å². The lowest BCUT2D eigenvalue weighted by atomic mass is 10.1. The van der Waals surface area contributed by atoms with Crippen LogP contribution >= 0.6 is 0 Å². The minimum Gasteiger partial charge on any atom is -0.389 e. The van der Waals surface area contributed by atoms with Crippen molar-refractivity contribution in [3.05, 3.63) is 41.3 Å². The van der Waals surface area contributed by atoms with Gasteiger partial charge in [-0.25, -0.2) is 4.39 Å². The molecule has 1 heterocycles. The first kappa shape index (κ1) is 16.2. The van der Waals surface area contributed by atoms with E-state index in [-0.39, 0.29) is 24.0 Å². The molecular weight excluding hydrogens is 285 g/mol. The van der Waals surface area contributed by atoms with Gasteiger partial charge in [-0.05, 0) is 50.6 Å². The van der Waals surface area contributed by atoms with Gasteiger partial charge < -0.3 is 10.4 Å². The Labute approximate surface area is 128 Å². The molecule has 118 valence electrons. The maximum Gasteiger partial charge on any atom is 0.271 e. The van der Waals surface area contributed by atoms with Gasteiger partial charge in [0, 0.05) is 19.2 Å². The summed E-state index contributed by atoms with van der Waals surface area (Å²) in [6, 6.07) is 6.40. The number of hydrogen-bond acceptors (Lipinski definition) is 3. The van der Waals surface area contributed by atoms with Crippen LogP contribution < -0.4 is 5.32 Å². The number of aliphatic hydroxyl groups is 1. The number of amides is 1. The number of carbonyl (C=O) groups is 1. The predicted octanol–water partition coefficient (Wildman–Crippen LogP) is 2.04. The summed E-state index contributed by atoms with van der Waals surface area (Å²) < 4.78 is 14.9. The third-order valence-electron chi connectivity index (χ3n) is 3.25. The highest BCUT2D eigenvalue weighted by Gasteiger charge is 2.18. The summed E-state index contributed by atoms with van der Waals surface area (Å²) >= 11 is 0. The standard InChI is InChI=1S/C16H20FN3O2/c1-10-7-11(5-6-12(10)17)14-8-13(19-20(14)4)15(21)18-9-16(2,3)22/h5-8,22H,9H2,1-4H3,(H,18,21). The molecule has 0 aliphatic rings. The van der Waals surface area contributed by atoms with E-state index in [9.17, 15) is 14.3 Å². The van der Waals surface area contributed by atoms with Crippen LogP contribution in [0.5, 0.6) is 0 Å². The number of carbonyl (C=O) groups excluding carboxylic acids is 1. The Morgan fingerprint density at radius 2 is 2.09 bits per heavy atom. The van der Waals surface area contributed by atoms with E-state index in [2.05, 4.69) is 10.4 Å². The Bertz CT molecular complexity index is 702. The van der Waals surface area contributed by atoms with E-state index in [1.54, 1.807) is 50.7 Å². The van der Waals surface area contributed by atoms with Crippen molar-refractivity contribution < 1.29 is 14.3 Å². The highest BCUT2D eigenvalue weighted by atomic mass is 19.1. The normalized spacial score (nSPS) is 11.5. The molecule has 22 heavy (non-hydrogen) atoms. The van der Waals surface area contributed by atoms with Crippen molar-refractivity contribution >= 4 is 5.91 Å². The van der Waals surface area contributed by atoms with Gasteiger partial charge in [-0.2, -0.15) is 5.10 Å². The SMILES string of the molecule is Cc1cc(-c2cc(C(=O)NCC(C)(C)O)nn2C)ccc1F. The van der Waals surface area contributed by atoms with Gasteiger partial charge in [0.15, 0.2) is 5.69 Å². The lowest BCUT2D eigenvalue weighted by Gasteiger charge is -2.16. The molecule has 1 aromatic heterocycles. The van der Waals surface area contributed by atoms with E-state index in [1.807, 2.05) is 0 Å². The predicted molar refractivity (Wildman–Crippen MR) is 82.0 cm³/mol. The topological polar surface area (TPSA) is 67.2 Å². The molecule has 0 unspecified atom stereocenters. The minimum absolute atomic E-state index is 0.132. The van der Waals surface area contributed by atoms with Gasteiger partial charge in [0.1, 0.15) is 5.82 Å². The number of rotatable bonds is 4. The number of aromatic nitrogens is 2. The summed E-state index contributed by atoms with van der Waals surface area (Å²) in [6.45, 7) is 5.04. The largest absolute Gasteiger partial charge is 0.389 e. The lowest BCUT2D eigenvalue weighted by Crippen LogP contribution is -2.38. The molecule has 0 spiro atoms. The van der Waals surface area contributed by atoms with Crippen LogP contribution in [0.3, 0.4) is 0 Å². The summed E-state index contributed by atoms with van der Waals surface area (Å²) in [6.07, 6.45) is 0. The van der Waals surface area contributed by atoms with Crippen molar-refractivity contribution in [3.63, 3.8) is 0 Å². The molecule has 0 atom stereocenters. The molecule has 0 aliphatic carbocycles. The van der Waals surface area contributed by atoms with Crippen LogP contribution in [0.15, 0.2) is 24.3 Å². The first-order valence-corrected chi connectivity index (χ1v) is 6.98. The minimum atomic E-state index is -0.985. The lowest BCUT2D eigenvalue weighted by molar-refractivity contribution is 0.0691. The van der Waals surface area contributed by atoms with Crippen molar-refractivity contribution in [2.45, 2.75) is 26.4 Å². The maximum absolute atomic E-state index is 13.4. The zero-order valence-corrected chi connectivity index (χ0v) is 13.1. The molecule has 2 N–H and O–H groups in total. The monoisotopic (exact) mass is 305 g/mol. The number of benzene rings is 1. The first-order valence-electron chi connectivity index (χ1n) is 6.98. The van der Waals surface area contributed by atoms with E-state index in [1.165, 1.54) is 6.07 Å². The second kappa shape index (κ2) is 5.88.